The topological polar surface area (TPSA) is 88.5 Å². The minimum absolute atomic E-state index is 0.0664. The van der Waals surface area contributed by atoms with Crippen molar-refractivity contribution in [3.05, 3.63) is 83.3 Å². The molecule has 0 spiro atoms. The average Bonchev–Trinajstić information content (AvgIpc) is 2.82. The number of aromatic nitrogens is 1. The fourth-order valence-corrected chi connectivity index (χ4v) is 3.86. The van der Waals surface area contributed by atoms with Gasteiger partial charge in [0, 0.05) is 12.2 Å². The van der Waals surface area contributed by atoms with Gasteiger partial charge < -0.3 is 15.2 Å². The van der Waals surface area contributed by atoms with Gasteiger partial charge in [0.2, 0.25) is 5.88 Å². The van der Waals surface area contributed by atoms with Crippen LogP contribution in [0.15, 0.2) is 60.8 Å². The van der Waals surface area contributed by atoms with E-state index < -0.39 is 0 Å². The average molecular weight is 479 g/mol. The van der Waals surface area contributed by atoms with Crippen molar-refractivity contribution >= 4 is 11.7 Å². The lowest BCUT2D eigenvalue weighted by atomic mass is 9.87. The van der Waals surface area contributed by atoms with E-state index in [1.165, 1.54) is 50.2 Å². The van der Waals surface area contributed by atoms with E-state index in [2.05, 4.69) is 17.2 Å². The van der Waals surface area contributed by atoms with Crippen molar-refractivity contribution in [3.63, 3.8) is 0 Å². The van der Waals surface area contributed by atoms with Crippen LogP contribution in [0.1, 0.15) is 65.8 Å². The number of ether oxygens (including phenoxy) is 1. The maximum Gasteiger partial charge on any atom is 0.255 e. The first kappa shape index (κ1) is 25.9. The molecule has 1 fully saturated rings. The molecule has 0 saturated heterocycles. The number of halogens is 1. The van der Waals surface area contributed by atoms with Gasteiger partial charge in [-0.3, -0.25) is 9.59 Å². The van der Waals surface area contributed by atoms with Gasteiger partial charge in [0.1, 0.15) is 17.3 Å². The highest BCUT2D eigenvalue weighted by molar-refractivity contribution is 5.97. The number of rotatable bonds is 5. The van der Waals surface area contributed by atoms with Crippen LogP contribution in [0.4, 0.5) is 4.39 Å². The number of Topliss-reactive ketones (excluding diaryl/α,β-unsaturated/α-hetero) is 1. The number of nitrogens with one attached hydrogen (secondary N) is 1. The third-order valence-corrected chi connectivity index (χ3v) is 5.93. The van der Waals surface area contributed by atoms with Crippen molar-refractivity contribution in [3.8, 4) is 17.4 Å². The molecule has 1 heterocycles. The Hall–Kier alpha value is -3.74. The summed E-state index contributed by atoms with van der Waals surface area (Å²) in [5.41, 5.74) is 1.73. The Balaban J connectivity index is 0.000000196. The van der Waals surface area contributed by atoms with Crippen LogP contribution in [0.5, 0.6) is 17.4 Å². The summed E-state index contributed by atoms with van der Waals surface area (Å²) in [6.07, 6.45) is 5.96. The molecule has 1 aromatic heterocycles. The molecule has 4 rings (SSSR count). The molecule has 0 unspecified atom stereocenters. The number of phenols is 1. The monoisotopic (exact) mass is 478 g/mol. The van der Waals surface area contributed by atoms with Crippen molar-refractivity contribution < 1.29 is 23.8 Å². The minimum atomic E-state index is -0.342. The van der Waals surface area contributed by atoms with Crippen LogP contribution >= 0.6 is 0 Å². The highest BCUT2D eigenvalue weighted by Crippen LogP contribution is 2.25. The lowest BCUT2D eigenvalue weighted by molar-refractivity contribution is 0.0919. The summed E-state index contributed by atoms with van der Waals surface area (Å²) in [7, 11) is 0. The number of phenolic OH excluding ortho intramolecular Hbond substituents is 1. The van der Waals surface area contributed by atoms with E-state index in [9.17, 15) is 19.1 Å². The zero-order chi connectivity index (χ0) is 25.4. The van der Waals surface area contributed by atoms with Crippen molar-refractivity contribution in [2.75, 3.05) is 0 Å². The predicted molar refractivity (Wildman–Crippen MR) is 132 cm³/mol. The number of carbonyl (C=O) groups excluding carboxylic acids is 2. The summed E-state index contributed by atoms with van der Waals surface area (Å²) in [6.45, 7) is 5.59. The molecule has 1 aliphatic carbocycles. The van der Waals surface area contributed by atoms with Crippen LogP contribution in [0.25, 0.3) is 0 Å². The number of hydrogen-bond donors (Lipinski definition) is 2. The number of amides is 1. The quantitative estimate of drug-likeness (QED) is 0.425. The first-order valence-corrected chi connectivity index (χ1v) is 11.7. The molecule has 2 N–H and O–H groups in total. The third-order valence-electron chi connectivity index (χ3n) is 5.93. The summed E-state index contributed by atoms with van der Waals surface area (Å²) >= 11 is 0. The first-order chi connectivity index (χ1) is 16.7. The molecular weight excluding hydrogens is 447 g/mol. The smallest absolute Gasteiger partial charge is 0.255 e. The lowest BCUT2D eigenvalue weighted by Gasteiger charge is -2.27. The number of aryl methyl sites for hydroxylation is 1. The van der Waals surface area contributed by atoms with E-state index in [1.54, 1.807) is 24.3 Å². The Labute approximate surface area is 205 Å². The zero-order valence-corrected chi connectivity index (χ0v) is 20.3. The Morgan fingerprint density at radius 2 is 1.71 bits per heavy atom. The number of carbonyl (C=O) groups is 2. The van der Waals surface area contributed by atoms with Crippen molar-refractivity contribution in [2.45, 2.75) is 52.5 Å². The molecule has 1 amide bonds. The fourth-order valence-electron chi connectivity index (χ4n) is 3.86. The highest BCUT2D eigenvalue weighted by Gasteiger charge is 2.21. The summed E-state index contributed by atoms with van der Waals surface area (Å²) in [5.74, 6) is 0.870. The molecule has 0 atom stereocenters. The second kappa shape index (κ2) is 12.1. The first-order valence-electron chi connectivity index (χ1n) is 11.7. The largest absolute Gasteiger partial charge is 0.507 e. The second-order valence-electron chi connectivity index (χ2n) is 8.92. The second-order valence-corrected chi connectivity index (χ2v) is 8.92. The third kappa shape index (κ3) is 7.64. The number of hydrogen-bond acceptors (Lipinski definition) is 5. The van der Waals surface area contributed by atoms with E-state index in [0.29, 0.717) is 16.9 Å². The Bertz CT molecular complexity index is 1160. The van der Waals surface area contributed by atoms with E-state index in [0.717, 1.165) is 24.3 Å². The molecule has 3 aromatic rings. The van der Waals surface area contributed by atoms with Crippen LogP contribution in [0.2, 0.25) is 0 Å². The summed E-state index contributed by atoms with van der Waals surface area (Å²) < 4.78 is 18.1. The molecule has 1 saturated carbocycles. The molecule has 2 aromatic carbocycles. The van der Waals surface area contributed by atoms with Crippen LogP contribution in [0.3, 0.4) is 0 Å². The Morgan fingerprint density at radius 1 is 1.03 bits per heavy atom. The molecule has 0 aliphatic heterocycles. The van der Waals surface area contributed by atoms with Gasteiger partial charge >= 0.3 is 0 Å². The van der Waals surface area contributed by atoms with Crippen LogP contribution in [0, 0.1) is 18.7 Å². The number of nitrogens with zero attached hydrogens (tertiary/aromatic N) is 1. The van der Waals surface area contributed by atoms with Gasteiger partial charge in [-0.2, -0.15) is 0 Å². The normalized spacial score (nSPS) is 17.0. The molecule has 6 nitrogen and oxygen atoms in total. The van der Waals surface area contributed by atoms with Crippen LogP contribution < -0.4 is 10.1 Å². The van der Waals surface area contributed by atoms with Gasteiger partial charge in [-0.15, -0.1) is 0 Å². The number of ketones is 1. The van der Waals surface area contributed by atoms with Gasteiger partial charge in [0.15, 0.2) is 5.78 Å². The number of pyridine rings is 1. The molecular formula is C28H31FN2O4. The number of benzene rings is 2. The minimum Gasteiger partial charge on any atom is -0.507 e. The van der Waals surface area contributed by atoms with Gasteiger partial charge in [0.25, 0.3) is 5.91 Å². The lowest BCUT2D eigenvalue weighted by Crippen LogP contribution is -2.37. The molecule has 7 heteroatoms. The van der Waals surface area contributed by atoms with E-state index in [4.69, 9.17) is 4.74 Å². The number of aromatic hydroxyl groups is 1. The molecule has 184 valence electrons. The van der Waals surface area contributed by atoms with E-state index in [1.807, 2.05) is 13.0 Å². The van der Waals surface area contributed by atoms with Gasteiger partial charge in [-0.25, -0.2) is 9.37 Å². The summed E-state index contributed by atoms with van der Waals surface area (Å²) in [6, 6.07) is 14.2. The van der Waals surface area contributed by atoms with Gasteiger partial charge in [-0.1, -0.05) is 13.0 Å². The van der Waals surface area contributed by atoms with E-state index >= 15 is 0 Å². The van der Waals surface area contributed by atoms with E-state index in [-0.39, 0.29) is 35.2 Å². The maximum absolute atomic E-state index is 12.7. The zero-order valence-electron chi connectivity index (χ0n) is 20.3. The van der Waals surface area contributed by atoms with Crippen molar-refractivity contribution in [2.24, 2.45) is 5.92 Å². The SMILES string of the molecule is CC(=O)c1cccnc1Oc1ccc(F)cc1.Cc1ccc(C(=O)NC2CCC(C)CC2)c(O)c1. The summed E-state index contributed by atoms with van der Waals surface area (Å²) in [5, 5.41) is 12.8. The maximum atomic E-state index is 12.7. The molecule has 35 heavy (non-hydrogen) atoms. The standard InChI is InChI=1S/C15H21NO2.C13H10FNO2/c1-10-3-6-12(7-4-10)16-15(18)13-8-5-11(2)9-14(13)17;1-9(16)12-3-2-8-15-13(12)17-11-6-4-10(14)5-7-11/h5,8-10,12,17H,3-4,6-7H2,1-2H3,(H,16,18);2-8H,1H3. The van der Waals surface area contributed by atoms with Crippen molar-refractivity contribution in [1.82, 2.24) is 10.3 Å². The molecule has 1 aliphatic rings. The summed E-state index contributed by atoms with van der Waals surface area (Å²) in [4.78, 5) is 27.4. The fraction of sp³-hybridized carbons (Fsp3) is 0.321. The highest BCUT2D eigenvalue weighted by atomic mass is 19.1. The molecule has 0 radical (unpaired) electrons. The van der Waals surface area contributed by atoms with Crippen LogP contribution in [-0.4, -0.2) is 27.8 Å². The Morgan fingerprint density at radius 3 is 2.34 bits per heavy atom. The van der Waals surface area contributed by atoms with Gasteiger partial charge in [-0.05, 0) is 99.5 Å². The predicted octanol–water partition coefficient (Wildman–Crippen LogP) is 6.22. The Kier molecular flexibility index (Phi) is 8.95. The van der Waals surface area contributed by atoms with Crippen molar-refractivity contribution in [1.29, 1.82) is 0 Å². The molecule has 0 bridgehead atoms. The van der Waals surface area contributed by atoms with Gasteiger partial charge in [0.05, 0.1) is 11.1 Å². The van der Waals surface area contributed by atoms with Crippen LogP contribution in [-0.2, 0) is 0 Å².